The van der Waals surface area contributed by atoms with Crippen LogP contribution in [0.5, 0.6) is 0 Å². The van der Waals surface area contributed by atoms with Crippen LogP contribution < -0.4 is 0 Å². The van der Waals surface area contributed by atoms with Gasteiger partial charge in [-0.1, -0.05) is 52.1 Å². The molecule has 0 saturated heterocycles. The van der Waals surface area contributed by atoms with E-state index >= 15 is 0 Å². The standard InChI is InChI=1S/C9H14I2N2/c1-2-9-12-4-6-13(9)5-3-8(11)7-10/h4,6,8H,2-3,5,7H2,1H3. The third-order valence-corrected chi connectivity index (χ3v) is 5.78. The minimum Gasteiger partial charge on any atom is -0.335 e. The summed E-state index contributed by atoms with van der Waals surface area (Å²) in [5.41, 5.74) is 0. The first-order chi connectivity index (χ1) is 6.27. The van der Waals surface area contributed by atoms with Gasteiger partial charge in [-0.25, -0.2) is 4.98 Å². The molecule has 0 bridgehead atoms. The van der Waals surface area contributed by atoms with Crippen LogP contribution in [-0.4, -0.2) is 17.9 Å². The molecule has 1 aromatic rings. The van der Waals surface area contributed by atoms with Crippen molar-refractivity contribution in [2.24, 2.45) is 0 Å². The van der Waals surface area contributed by atoms with E-state index in [1.54, 1.807) is 0 Å². The van der Waals surface area contributed by atoms with Crippen LogP contribution in [0.2, 0.25) is 0 Å². The zero-order valence-corrected chi connectivity index (χ0v) is 12.0. The third kappa shape index (κ3) is 3.73. The minimum absolute atomic E-state index is 0.783. The van der Waals surface area contributed by atoms with Crippen molar-refractivity contribution < 1.29 is 0 Å². The van der Waals surface area contributed by atoms with Crippen molar-refractivity contribution >= 4 is 45.2 Å². The lowest BCUT2D eigenvalue weighted by molar-refractivity contribution is 0.623. The van der Waals surface area contributed by atoms with Gasteiger partial charge in [-0.2, -0.15) is 0 Å². The predicted molar refractivity (Wildman–Crippen MR) is 72.9 cm³/mol. The topological polar surface area (TPSA) is 17.8 Å². The fourth-order valence-electron chi connectivity index (χ4n) is 1.21. The van der Waals surface area contributed by atoms with E-state index in [1.165, 1.54) is 16.7 Å². The second kappa shape index (κ2) is 6.21. The van der Waals surface area contributed by atoms with Gasteiger partial charge in [0.2, 0.25) is 0 Å². The van der Waals surface area contributed by atoms with E-state index in [4.69, 9.17) is 0 Å². The number of hydrogen-bond acceptors (Lipinski definition) is 1. The second-order valence-corrected chi connectivity index (χ2v) is 5.57. The van der Waals surface area contributed by atoms with E-state index in [9.17, 15) is 0 Å². The van der Waals surface area contributed by atoms with E-state index in [2.05, 4.69) is 67.9 Å². The van der Waals surface area contributed by atoms with Gasteiger partial charge in [0.15, 0.2) is 0 Å². The highest BCUT2D eigenvalue weighted by Crippen LogP contribution is 2.11. The molecule has 0 aliphatic carbocycles. The number of halogens is 2. The molecule has 2 nitrogen and oxygen atoms in total. The first-order valence-corrected chi connectivity index (χ1v) is 7.25. The third-order valence-electron chi connectivity index (χ3n) is 1.97. The Morgan fingerprint density at radius 2 is 2.38 bits per heavy atom. The maximum absolute atomic E-state index is 4.30. The Bertz CT molecular complexity index is 248. The molecule has 0 saturated carbocycles. The van der Waals surface area contributed by atoms with Crippen LogP contribution in [0.15, 0.2) is 12.4 Å². The zero-order chi connectivity index (χ0) is 9.68. The molecule has 0 aliphatic heterocycles. The quantitative estimate of drug-likeness (QED) is 0.545. The molecule has 1 rings (SSSR count). The van der Waals surface area contributed by atoms with E-state index in [1.807, 2.05) is 6.20 Å². The Kier molecular flexibility index (Phi) is 5.61. The second-order valence-electron chi connectivity index (χ2n) is 2.93. The molecular weight excluding hydrogens is 390 g/mol. The number of rotatable bonds is 5. The van der Waals surface area contributed by atoms with Gasteiger partial charge in [-0.05, 0) is 6.42 Å². The molecule has 0 spiro atoms. The molecule has 74 valence electrons. The van der Waals surface area contributed by atoms with E-state index in [0.717, 1.165) is 16.9 Å². The van der Waals surface area contributed by atoms with Crippen LogP contribution in [0.3, 0.4) is 0 Å². The number of aromatic nitrogens is 2. The van der Waals surface area contributed by atoms with Crippen LogP contribution in [0.25, 0.3) is 0 Å². The summed E-state index contributed by atoms with van der Waals surface area (Å²) in [7, 11) is 0. The molecule has 0 N–H and O–H groups in total. The van der Waals surface area contributed by atoms with Crippen molar-refractivity contribution in [2.75, 3.05) is 4.43 Å². The Morgan fingerprint density at radius 1 is 1.62 bits per heavy atom. The summed E-state index contributed by atoms with van der Waals surface area (Å²) >= 11 is 4.95. The zero-order valence-electron chi connectivity index (χ0n) is 7.71. The van der Waals surface area contributed by atoms with Gasteiger partial charge in [-0.15, -0.1) is 0 Å². The van der Waals surface area contributed by atoms with Crippen molar-refractivity contribution in [3.63, 3.8) is 0 Å². The summed E-state index contributed by atoms with van der Waals surface area (Å²) in [6.07, 6.45) is 6.25. The smallest absolute Gasteiger partial charge is 0.108 e. The van der Waals surface area contributed by atoms with Crippen molar-refractivity contribution in [1.29, 1.82) is 0 Å². The number of nitrogens with zero attached hydrogens (tertiary/aromatic N) is 2. The Labute approximate surface area is 107 Å². The molecule has 0 radical (unpaired) electrons. The van der Waals surface area contributed by atoms with Crippen LogP contribution in [0.4, 0.5) is 0 Å². The summed E-state index contributed by atoms with van der Waals surface area (Å²) in [5.74, 6) is 1.21. The van der Waals surface area contributed by atoms with Gasteiger partial charge in [-0.3, -0.25) is 0 Å². The maximum Gasteiger partial charge on any atom is 0.108 e. The average molecular weight is 404 g/mol. The molecule has 0 aliphatic rings. The van der Waals surface area contributed by atoms with Gasteiger partial charge in [0.25, 0.3) is 0 Å². The van der Waals surface area contributed by atoms with Crippen LogP contribution in [0, 0.1) is 0 Å². The Hall–Kier alpha value is 0.670. The molecule has 1 unspecified atom stereocenters. The monoisotopic (exact) mass is 404 g/mol. The van der Waals surface area contributed by atoms with Crippen molar-refractivity contribution in [3.8, 4) is 0 Å². The van der Waals surface area contributed by atoms with E-state index < -0.39 is 0 Å². The highest BCUT2D eigenvalue weighted by atomic mass is 127. The van der Waals surface area contributed by atoms with Crippen LogP contribution >= 0.6 is 45.2 Å². The molecule has 1 aromatic heterocycles. The number of aryl methyl sites for hydroxylation is 2. The normalized spacial score (nSPS) is 13.2. The Balaban J connectivity index is 2.44. The lowest BCUT2D eigenvalue weighted by Crippen LogP contribution is -2.08. The molecule has 1 atom stereocenters. The summed E-state index contributed by atoms with van der Waals surface area (Å²) in [5, 5.41) is 0. The fourth-order valence-corrected chi connectivity index (χ4v) is 1.93. The van der Waals surface area contributed by atoms with Crippen LogP contribution in [-0.2, 0) is 13.0 Å². The largest absolute Gasteiger partial charge is 0.335 e. The summed E-state index contributed by atoms with van der Waals surface area (Å²) in [4.78, 5) is 4.30. The highest BCUT2D eigenvalue weighted by Gasteiger charge is 2.04. The van der Waals surface area contributed by atoms with Crippen molar-refractivity contribution in [1.82, 2.24) is 9.55 Å². The molecule has 0 aromatic carbocycles. The molecule has 4 heteroatoms. The minimum atomic E-state index is 0.783. The fraction of sp³-hybridized carbons (Fsp3) is 0.667. The van der Waals surface area contributed by atoms with Crippen molar-refractivity contribution in [3.05, 3.63) is 18.2 Å². The SMILES string of the molecule is CCc1nccn1CCC(I)CI. The molecule has 13 heavy (non-hydrogen) atoms. The van der Waals surface area contributed by atoms with Gasteiger partial charge in [0.1, 0.15) is 5.82 Å². The van der Waals surface area contributed by atoms with Gasteiger partial charge >= 0.3 is 0 Å². The van der Waals surface area contributed by atoms with Gasteiger partial charge in [0, 0.05) is 33.7 Å². The molecular formula is C9H14I2N2. The predicted octanol–water partition coefficient (Wildman–Crippen LogP) is 3.07. The molecule has 1 heterocycles. The number of imidazole rings is 1. The van der Waals surface area contributed by atoms with Crippen molar-refractivity contribution in [2.45, 2.75) is 30.2 Å². The first-order valence-electron chi connectivity index (χ1n) is 4.48. The van der Waals surface area contributed by atoms with Gasteiger partial charge in [0.05, 0.1) is 0 Å². The lowest BCUT2D eigenvalue weighted by atomic mass is 10.3. The first kappa shape index (κ1) is 11.7. The summed E-state index contributed by atoms with van der Waals surface area (Å²) in [6.45, 7) is 3.26. The van der Waals surface area contributed by atoms with E-state index in [0.29, 0.717) is 0 Å². The maximum atomic E-state index is 4.30. The lowest BCUT2D eigenvalue weighted by Gasteiger charge is -2.08. The average Bonchev–Trinajstić information content (AvgIpc) is 2.61. The summed E-state index contributed by atoms with van der Waals surface area (Å²) < 4.78 is 4.28. The van der Waals surface area contributed by atoms with E-state index in [-0.39, 0.29) is 0 Å². The molecule has 0 amide bonds. The molecule has 0 fully saturated rings. The number of hydrogen-bond donors (Lipinski definition) is 0. The Morgan fingerprint density at radius 3 is 3.00 bits per heavy atom. The number of alkyl halides is 2. The van der Waals surface area contributed by atoms with Crippen LogP contribution in [0.1, 0.15) is 19.2 Å². The highest BCUT2D eigenvalue weighted by molar-refractivity contribution is 14.1. The van der Waals surface area contributed by atoms with Gasteiger partial charge < -0.3 is 4.57 Å². The summed E-state index contributed by atoms with van der Waals surface area (Å²) in [6, 6.07) is 0.